The molecule has 0 aliphatic carbocycles. The van der Waals surface area contributed by atoms with E-state index in [1.807, 2.05) is 78.9 Å². The molecule has 1 atom stereocenters. The van der Waals surface area contributed by atoms with E-state index >= 15 is 0 Å². The van der Waals surface area contributed by atoms with E-state index in [0.717, 1.165) is 20.4 Å². The lowest BCUT2D eigenvalue weighted by Crippen LogP contribution is -2.31. The van der Waals surface area contributed by atoms with Gasteiger partial charge in [0.2, 0.25) is 0 Å². The van der Waals surface area contributed by atoms with Crippen molar-refractivity contribution in [1.82, 2.24) is 5.32 Å². The van der Waals surface area contributed by atoms with Crippen LogP contribution in [0.15, 0.2) is 78.9 Å². The topological polar surface area (TPSA) is 67.4 Å². The minimum Gasteiger partial charge on any atom is -0.466 e. The highest BCUT2D eigenvalue weighted by molar-refractivity contribution is 14.1. The number of esters is 1. The molecular formula is C25H25IN2O3. The molecule has 3 aromatic carbocycles. The smallest absolute Gasteiger partial charge is 0.308 e. The fourth-order valence-corrected chi connectivity index (χ4v) is 3.70. The molecule has 0 aliphatic rings. The molecular weight excluding hydrogens is 503 g/mol. The fourth-order valence-electron chi connectivity index (χ4n) is 3.21. The van der Waals surface area contributed by atoms with Crippen molar-refractivity contribution in [3.8, 4) is 0 Å². The number of hydrogen-bond donors (Lipinski definition) is 2. The molecule has 3 aromatic rings. The van der Waals surface area contributed by atoms with Crippen molar-refractivity contribution in [2.45, 2.75) is 25.9 Å². The maximum atomic E-state index is 13.2. The Bertz CT molecular complexity index is 1010. The van der Waals surface area contributed by atoms with Gasteiger partial charge < -0.3 is 15.4 Å². The first kappa shape index (κ1) is 22.8. The van der Waals surface area contributed by atoms with Gasteiger partial charge in [-0.15, -0.1) is 0 Å². The third kappa shape index (κ3) is 6.82. The molecule has 0 fully saturated rings. The Morgan fingerprint density at radius 2 is 1.65 bits per heavy atom. The van der Waals surface area contributed by atoms with Gasteiger partial charge in [0.15, 0.2) is 0 Å². The van der Waals surface area contributed by atoms with E-state index in [2.05, 4.69) is 33.2 Å². The van der Waals surface area contributed by atoms with Gasteiger partial charge in [-0.05, 0) is 58.8 Å². The SMILES string of the molecule is CCOC(=O)CC(NC(=O)c1cc(I)ccc1NCc1ccccc1)c1ccccc1. The van der Waals surface area contributed by atoms with Crippen LogP contribution < -0.4 is 10.6 Å². The van der Waals surface area contributed by atoms with Crippen molar-refractivity contribution in [2.75, 3.05) is 11.9 Å². The molecule has 3 rings (SSSR count). The van der Waals surface area contributed by atoms with Gasteiger partial charge in [-0.3, -0.25) is 9.59 Å². The van der Waals surface area contributed by atoms with E-state index in [9.17, 15) is 9.59 Å². The zero-order valence-corrected chi connectivity index (χ0v) is 19.5. The van der Waals surface area contributed by atoms with E-state index in [0.29, 0.717) is 18.7 Å². The van der Waals surface area contributed by atoms with E-state index in [4.69, 9.17) is 4.74 Å². The molecule has 1 amide bonds. The Hall–Kier alpha value is -2.87. The number of nitrogens with one attached hydrogen (secondary N) is 2. The normalized spacial score (nSPS) is 11.4. The Balaban J connectivity index is 1.80. The van der Waals surface area contributed by atoms with Crippen LogP contribution in [0.5, 0.6) is 0 Å². The molecule has 0 radical (unpaired) electrons. The second-order valence-corrected chi connectivity index (χ2v) is 8.22. The van der Waals surface area contributed by atoms with Gasteiger partial charge in [-0.25, -0.2) is 0 Å². The molecule has 6 heteroatoms. The third-order valence-electron chi connectivity index (χ3n) is 4.74. The molecule has 2 N–H and O–H groups in total. The number of amides is 1. The summed E-state index contributed by atoms with van der Waals surface area (Å²) in [6.07, 6.45) is 0.0697. The second-order valence-electron chi connectivity index (χ2n) is 6.97. The van der Waals surface area contributed by atoms with E-state index in [1.165, 1.54) is 0 Å². The van der Waals surface area contributed by atoms with Crippen molar-refractivity contribution in [3.05, 3.63) is 99.1 Å². The van der Waals surface area contributed by atoms with Gasteiger partial charge in [0.25, 0.3) is 5.91 Å². The summed E-state index contributed by atoms with van der Waals surface area (Å²) in [5.74, 6) is -0.589. The maximum absolute atomic E-state index is 13.2. The molecule has 0 aromatic heterocycles. The number of rotatable bonds is 9. The van der Waals surface area contributed by atoms with E-state index < -0.39 is 6.04 Å². The number of halogens is 1. The highest BCUT2D eigenvalue weighted by Gasteiger charge is 2.21. The summed E-state index contributed by atoms with van der Waals surface area (Å²) < 4.78 is 6.06. The van der Waals surface area contributed by atoms with Crippen LogP contribution in [0.3, 0.4) is 0 Å². The predicted octanol–water partition coefficient (Wildman–Crippen LogP) is 5.33. The monoisotopic (exact) mass is 528 g/mol. The highest BCUT2D eigenvalue weighted by atomic mass is 127. The third-order valence-corrected chi connectivity index (χ3v) is 5.41. The Morgan fingerprint density at radius 1 is 0.968 bits per heavy atom. The van der Waals surface area contributed by atoms with E-state index in [1.54, 1.807) is 6.92 Å². The van der Waals surface area contributed by atoms with Crippen LogP contribution >= 0.6 is 22.6 Å². The van der Waals surface area contributed by atoms with Crippen molar-refractivity contribution in [1.29, 1.82) is 0 Å². The van der Waals surface area contributed by atoms with Crippen molar-refractivity contribution >= 4 is 40.2 Å². The summed E-state index contributed by atoms with van der Waals surface area (Å²) in [6, 6.07) is 24.7. The molecule has 5 nitrogen and oxygen atoms in total. The molecule has 0 saturated carbocycles. The number of anilines is 1. The quantitative estimate of drug-likeness (QED) is 0.291. The van der Waals surface area contributed by atoms with Gasteiger partial charge in [0.1, 0.15) is 0 Å². The molecule has 160 valence electrons. The predicted molar refractivity (Wildman–Crippen MR) is 131 cm³/mol. The largest absolute Gasteiger partial charge is 0.466 e. The summed E-state index contributed by atoms with van der Waals surface area (Å²) in [4.78, 5) is 25.4. The number of carbonyl (C=O) groups excluding carboxylic acids is 2. The van der Waals surface area contributed by atoms with Crippen molar-refractivity contribution < 1.29 is 14.3 Å². The molecule has 0 spiro atoms. The zero-order chi connectivity index (χ0) is 22.1. The van der Waals surface area contributed by atoms with Crippen LogP contribution in [0.4, 0.5) is 5.69 Å². The standard InChI is InChI=1S/C25H25IN2O3/c1-2-31-24(29)16-23(19-11-7-4-8-12-19)28-25(30)21-15-20(26)13-14-22(21)27-17-18-9-5-3-6-10-18/h3-15,23,27H,2,16-17H2,1H3,(H,28,30). The van der Waals surface area contributed by atoms with Gasteiger partial charge >= 0.3 is 5.97 Å². The van der Waals surface area contributed by atoms with Gasteiger partial charge in [0, 0.05) is 15.8 Å². The van der Waals surface area contributed by atoms with Crippen LogP contribution in [0, 0.1) is 3.57 Å². The Labute approximate surface area is 196 Å². The average molecular weight is 528 g/mol. The number of ether oxygens (including phenoxy) is 1. The first-order valence-corrected chi connectivity index (χ1v) is 11.2. The highest BCUT2D eigenvalue weighted by Crippen LogP contribution is 2.23. The van der Waals surface area contributed by atoms with Crippen LogP contribution in [-0.2, 0) is 16.1 Å². The lowest BCUT2D eigenvalue weighted by molar-refractivity contribution is -0.143. The summed E-state index contributed by atoms with van der Waals surface area (Å²) in [5, 5.41) is 6.38. The molecule has 1 unspecified atom stereocenters. The maximum Gasteiger partial charge on any atom is 0.308 e. The lowest BCUT2D eigenvalue weighted by Gasteiger charge is -2.20. The summed E-state index contributed by atoms with van der Waals surface area (Å²) in [7, 11) is 0. The first-order chi connectivity index (χ1) is 15.1. The lowest BCUT2D eigenvalue weighted by atomic mass is 10.0. The number of benzene rings is 3. The van der Waals surface area contributed by atoms with Crippen molar-refractivity contribution in [2.24, 2.45) is 0 Å². The van der Waals surface area contributed by atoms with Gasteiger partial charge in [-0.1, -0.05) is 60.7 Å². The molecule has 0 heterocycles. The van der Waals surface area contributed by atoms with Gasteiger partial charge in [-0.2, -0.15) is 0 Å². The van der Waals surface area contributed by atoms with Crippen LogP contribution in [0.1, 0.15) is 40.9 Å². The Kier molecular flexibility index (Phi) is 8.46. The molecule has 31 heavy (non-hydrogen) atoms. The zero-order valence-electron chi connectivity index (χ0n) is 17.3. The average Bonchev–Trinajstić information content (AvgIpc) is 2.79. The number of hydrogen-bond acceptors (Lipinski definition) is 4. The second kappa shape index (κ2) is 11.5. The number of carbonyl (C=O) groups is 2. The van der Waals surface area contributed by atoms with Gasteiger partial charge in [0.05, 0.1) is 24.6 Å². The first-order valence-electron chi connectivity index (χ1n) is 10.2. The summed E-state index contributed by atoms with van der Waals surface area (Å²) >= 11 is 2.19. The summed E-state index contributed by atoms with van der Waals surface area (Å²) in [6.45, 7) is 2.68. The summed E-state index contributed by atoms with van der Waals surface area (Å²) in [5.41, 5.74) is 3.25. The van der Waals surface area contributed by atoms with E-state index in [-0.39, 0.29) is 18.3 Å². The van der Waals surface area contributed by atoms with Crippen LogP contribution in [0.25, 0.3) is 0 Å². The minimum absolute atomic E-state index is 0.0697. The van der Waals surface area contributed by atoms with Crippen LogP contribution in [-0.4, -0.2) is 18.5 Å². The van der Waals surface area contributed by atoms with Crippen LogP contribution in [0.2, 0.25) is 0 Å². The molecule has 0 bridgehead atoms. The minimum atomic E-state index is -0.479. The molecule has 0 saturated heterocycles. The Morgan fingerprint density at radius 3 is 2.32 bits per heavy atom. The fraction of sp³-hybridized carbons (Fsp3) is 0.200. The molecule has 0 aliphatic heterocycles. The van der Waals surface area contributed by atoms with Crippen molar-refractivity contribution in [3.63, 3.8) is 0 Å².